The molecule has 1 N–H and O–H groups in total. The largest absolute Gasteiger partial charge is 0.394 e. The Balaban J connectivity index is 2.04. The summed E-state index contributed by atoms with van der Waals surface area (Å²) in [7, 11) is 1.83. The monoisotopic (exact) mass is 249 g/mol. The molecule has 2 atom stereocenters. The number of hydrogen-bond donors (Lipinski definition) is 1. The predicted octanol–water partition coefficient (Wildman–Crippen LogP) is 0.663. The molecule has 18 heavy (non-hydrogen) atoms. The molecule has 5 nitrogen and oxygen atoms in total. The highest BCUT2D eigenvalue weighted by Gasteiger charge is 2.32. The van der Waals surface area contributed by atoms with Gasteiger partial charge in [0, 0.05) is 25.9 Å². The topological polar surface area (TPSA) is 58.4 Å². The number of likely N-dealkylation sites (tertiary alicyclic amines) is 1. The molecule has 1 aliphatic heterocycles. The molecule has 1 fully saturated rings. The van der Waals surface area contributed by atoms with E-state index in [0.717, 1.165) is 18.7 Å². The molecule has 0 aliphatic carbocycles. The molecule has 1 aromatic rings. The zero-order valence-corrected chi connectivity index (χ0v) is 10.8. The number of rotatable bonds is 3. The SMILES string of the molecule is CC1CCN(C(=O)/C=C/c2ccnn2C)C1CO. The first-order valence-corrected chi connectivity index (χ1v) is 6.21. The second-order valence-corrected chi connectivity index (χ2v) is 4.76. The standard InChI is InChI=1S/C13H19N3O2/c1-10-6-8-16(12(10)9-17)13(18)4-3-11-5-7-14-15(11)2/h3-5,7,10,12,17H,6,8-9H2,1-2H3/b4-3+. The average molecular weight is 249 g/mol. The van der Waals surface area contributed by atoms with Crippen molar-refractivity contribution < 1.29 is 9.90 Å². The van der Waals surface area contributed by atoms with Crippen LogP contribution in [0.2, 0.25) is 0 Å². The van der Waals surface area contributed by atoms with Gasteiger partial charge in [-0.05, 0) is 24.5 Å². The van der Waals surface area contributed by atoms with Crippen molar-refractivity contribution in [2.45, 2.75) is 19.4 Å². The van der Waals surface area contributed by atoms with Gasteiger partial charge >= 0.3 is 0 Å². The van der Waals surface area contributed by atoms with E-state index in [1.165, 1.54) is 0 Å². The highest BCUT2D eigenvalue weighted by molar-refractivity contribution is 5.92. The third-order valence-electron chi connectivity index (χ3n) is 3.61. The second kappa shape index (κ2) is 5.35. The number of aliphatic hydroxyl groups excluding tert-OH is 1. The molecule has 1 amide bonds. The molecule has 1 aromatic heterocycles. The van der Waals surface area contributed by atoms with Crippen molar-refractivity contribution in [2.75, 3.05) is 13.2 Å². The third-order valence-corrected chi connectivity index (χ3v) is 3.61. The minimum atomic E-state index is -0.0475. The Bertz CT molecular complexity index is 453. The summed E-state index contributed by atoms with van der Waals surface area (Å²) >= 11 is 0. The molecule has 0 spiro atoms. The number of aliphatic hydroxyl groups is 1. The number of nitrogens with zero attached hydrogens (tertiary/aromatic N) is 3. The Kier molecular flexibility index (Phi) is 3.81. The van der Waals surface area contributed by atoms with Crippen LogP contribution in [0.4, 0.5) is 0 Å². The Labute approximate surface area is 107 Å². The van der Waals surface area contributed by atoms with Crippen molar-refractivity contribution in [3.63, 3.8) is 0 Å². The summed E-state index contributed by atoms with van der Waals surface area (Å²) in [5.74, 6) is 0.323. The van der Waals surface area contributed by atoms with Crippen LogP contribution in [0.5, 0.6) is 0 Å². The van der Waals surface area contributed by atoms with Gasteiger partial charge in [0.1, 0.15) is 0 Å². The molecule has 0 saturated carbocycles. The molecule has 98 valence electrons. The molecule has 1 saturated heterocycles. The number of hydrogen-bond acceptors (Lipinski definition) is 3. The molecular formula is C13H19N3O2. The van der Waals surface area contributed by atoms with Crippen LogP contribution in [0, 0.1) is 5.92 Å². The molecular weight excluding hydrogens is 230 g/mol. The summed E-state index contributed by atoms with van der Waals surface area (Å²) in [5.41, 5.74) is 0.885. The summed E-state index contributed by atoms with van der Waals surface area (Å²) in [4.78, 5) is 13.8. The first kappa shape index (κ1) is 12.8. The van der Waals surface area contributed by atoms with Gasteiger partial charge in [-0.3, -0.25) is 9.48 Å². The lowest BCUT2D eigenvalue weighted by Crippen LogP contribution is -2.38. The maximum atomic E-state index is 12.1. The van der Waals surface area contributed by atoms with E-state index in [1.807, 2.05) is 13.1 Å². The Morgan fingerprint density at radius 1 is 1.67 bits per heavy atom. The Morgan fingerprint density at radius 3 is 3.06 bits per heavy atom. The van der Waals surface area contributed by atoms with E-state index in [0.29, 0.717) is 5.92 Å². The molecule has 0 radical (unpaired) electrons. The molecule has 5 heteroatoms. The fourth-order valence-corrected chi connectivity index (χ4v) is 2.36. The maximum absolute atomic E-state index is 12.1. The fourth-order valence-electron chi connectivity index (χ4n) is 2.36. The van der Waals surface area contributed by atoms with E-state index < -0.39 is 0 Å². The summed E-state index contributed by atoms with van der Waals surface area (Å²) in [6, 6.07) is 1.80. The third kappa shape index (κ3) is 2.46. The van der Waals surface area contributed by atoms with Gasteiger partial charge in [0.25, 0.3) is 0 Å². The maximum Gasteiger partial charge on any atom is 0.246 e. The van der Waals surface area contributed by atoms with E-state index in [9.17, 15) is 9.90 Å². The summed E-state index contributed by atoms with van der Waals surface area (Å²) in [5, 5.41) is 13.4. The normalized spacial score (nSPS) is 24.1. The van der Waals surface area contributed by atoms with Crippen molar-refractivity contribution in [1.82, 2.24) is 14.7 Å². The van der Waals surface area contributed by atoms with E-state index in [2.05, 4.69) is 12.0 Å². The zero-order valence-electron chi connectivity index (χ0n) is 10.8. The second-order valence-electron chi connectivity index (χ2n) is 4.76. The van der Waals surface area contributed by atoms with Gasteiger partial charge in [-0.25, -0.2) is 0 Å². The number of carbonyl (C=O) groups excluding carboxylic acids is 1. The van der Waals surface area contributed by atoms with Gasteiger partial charge in [-0.1, -0.05) is 6.92 Å². The van der Waals surface area contributed by atoms with Crippen molar-refractivity contribution in [2.24, 2.45) is 13.0 Å². The molecule has 2 heterocycles. The molecule has 0 aromatic carbocycles. The summed E-state index contributed by atoms with van der Waals surface area (Å²) < 4.78 is 1.71. The van der Waals surface area contributed by atoms with E-state index in [4.69, 9.17) is 0 Å². The van der Waals surface area contributed by atoms with Crippen LogP contribution in [0.25, 0.3) is 6.08 Å². The van der Waals surface area contributed by atoms with Crippen LogP contribution in [-0.4, -0.2) is 44.9 Å². The van der Waals surface area contributed by atoms with Crippen LogP contribution >= 0.6 is 0 Å². The first-order valence-electron chi connectivity index (χ1n) is 6.21. The van der Waals surface area contributed by atoms with Crippen LogP contribution in [0.15, 0.2) is 18.3 Å². The van der Waals surface area contributed by atoms with Crippen LogP contribution in [0.3, 0.4) is 0 Å². The Hall–Kier alpha value is -1.62. The number of amides is 1. The van der Waals surface area contributed by atoms with Gasteiger partial charge in [0.15, 0.2) is 0 Å². The van der Waals surface area contributed by atoms with Crippen molar-refractivity contribution >= 4 is 12.0 Å². The van der Waals surface area contributed by atoms with Crippen molar-refractivity contribution in [1.29, 1.82) is 0 Å². The van der Waals surface area contributed by atoms with Gasteiger partial charge in [-0.15, -0.1) is 0 Å². The Morgan fingerprint density at radius 2 is 2.44 bits per heavy atom. The minimum absolute atomic E-state index is 0.0342. The van der Waals surface area contributed by atoms with Gasteiger partial charge in [0.2, 0.25) is 5.91 Å². The minimum Gasteiger partial charge on any atom is -0.394 e. The number of carbonyl (C=O) groups is 1. The lowest BCUT2D eigenvalue weighted by Gasteiger charge is -2.23. The highest BCUT2D eigenvalue weighted by atomic mass is 16.3. The first-order chi connectivity index (χ1) is 8.63. The summed E-state index contributed by atoms with van der Waals surface area (Å²) in [6.45, 7) is 2.83. The van der Waals surface area contributed by atoms with Crippen LogP contribution in [0.1, 0.15) is 19.0 Å². The quantitative estimate of drug-likeness (QED) is 0.801. The average Bonchev–Trinajstić information content (AvgIpc) is 2.92. The van der Waals surface area contributed by atoms with E-state index in [1.54, 1.807) is 27.9 Å². The molecule has 0 bridgehead atoms. The highest BCUT2D eigenvalue weighted by Crippen LogP contribution is 2.23. The van der Waals surface area contributed by atoms with E-state index >= 15 is 0 Å². The van der Waals surface area contributed by atoms with Crippen LogP contribution < -0.4 is 0 Å². The predicted molar refractivity (Wildman–Crippen MR) is 68.6 cm³/mol. The van der Waals surface area contributed by atoms with E-state index in [-0.39, 0.29) is 18.6 Å². The van der Waals surface area contributed by atoms with Gasteiger partial charge in [0.05, 0.1) is 18.3 Å². The lowest BCUT2D eigenvalue weighted by molar-refractivity contribution is -0.127. The van der Waals surface area contributed by atoms with Gasteiger partial charge in [-0.2, -0.15) is 5.10 Å². The van der Waals surface area contributed by atoms with Crippen LogP contribution in [-0.2, 0) is 11.8 Å². The number of aromatic nitrogens is 2. The van der Waals surface area contributed by atoms with Crippen molar-refractivity contribution in [3.05, 3.63) is 24.0 Å². The number of aryl methyl sites for hydroxylation is 1. The summed E-state index contributed by atoms with van der Waals surface area (Å²) in [6.07, 6.45) is 5.96. The van der Waals surface area contributed by atoms with Gasteiger partial charge < -0.3 is 10.0 Å². The molecule has 2 rings (SSSR count). The zero-order chi connectivity index (χ0) is 13.1. The fraction of sp³-hybridized carbons (Fsp3) is 0.538. The smallest absolute Gasteiger partial charge is 0.246 e. The van der Waals surface area contributed by atoms with Crippen molar-refractivity contribution in [3.8, 4) is 0 Å². The lowest BCUT2D eigenvalue weighted by atomic mass is 10.0. The molecule has 2 unspecified atom stereocenters. The molecule has 1 aliphatic rings.